The first kappa shape index (κ1) is 25.1. The van der Waals surface area contributed by atoms with Crippen molar-refractivity contribution in [2.45, 2.75) is 39.7 Å². The Morgan fingerprint density at radius 3 is 2.42 bits per heavy atom. The molecule has 1 heterocycles. The third-order valence-corrected chi connectivity index (χ3v) is 7.45. The average molecular weight is 514 g/mol. The number of ketones is 2. The van der Waals surface area contributed by atoms with E-state index in [9.17, 15) is 24.6 Å². The monoisotopic (exact) mass is 513 g/mol. The molecule has 3 aromatic carbocycles. The Morgan fingerprint density at radius 2 is 1.76 bits per heavy atom. The molecule has 8 nitrogen and oxygen atoms in total. The fraction of sp³-hybridized carbons (Fsp3) is 0.233. The highest BCUT2D eigenvalue weighted by Crippen LogP contribution is 2.56. The van der Waals surface area contributed by atoms with Crippen molar-refractivity contribution in [1.82, 2.24) is 5.32 Å². The van der Waals surface area contributed by atoms with Gasteiger partial charge in [0.1, 0.15) is 39.6 Å². The summed E-state index contributed by atoms with van der Waals surface area (Å²) in [4.78, 5) is 39.2. The van der Waals surface area contributed by atoms with Gasteiger partial charge in [-0.15, -0.1) is 0 Å². The predicted octanol–water partition coefficient (Wildman–Crippen LogP) is 4.62. The van der Waals surface area contributed by atoms with Gasteiger partial charge in [0, 0.05) is 18.7 Å². The zero-order valence-electron chi connectivity index (χ0n) is 21.7. The molecule has 0 aromatic heterocycles. The van der Waals surface area contributed by atoms with Crippen molar-refractivity contribution in [3.8, 4) is 17.2 Å². The molecule has 38 heavy (non-hydrogen) atoms. The molecule has 2 aliphatic rings. The molecule has 1 aliphatic carbocycles. The molecule has 0 spiro atoms. The van der Waals surface area contributed by atoms with Crippen LogP contribution in [0.25, 0.3) is 10.8 Å². The van der Waals surface area contributed by atoms with Crippen LogP contribution in [0.2, 0.25) is 0 Å². The van der Waals surface area contributed by atoms with E-state index in [0.29, 0.717) is 0 Å². The second kappa shape index (κ2) is 8.76. The van der Waals surface area contributed by atoms with E-state index in [2.05, 4.69) is 11.4 Å². The van der Waals surface area contributed by atoms with E-state index in [-0.39, 0.29) is 40.7 Å². The van der Waals surface area contributed by atoms with Crippen LogP contribution < -0.4 is 14.8 Å². The lowest BCUT2D eigenvalue weighted by Crippen LogP contribution is -2.38. The van der Waals surface area contributed by atoms with Crippen molar-refractivity contribution in [1.29, 1.82) is 0 Å². The number of hydrogen-bond donors (Lipinski definition) is 3. The molecule has 0 fully saturated rings. The fourth-order valence-corrected chi connectivity index (χ4v) is 5.50. The number of amides is 1. The Bertz CT molecular complexity index is 1650. The van der Waals surface area contributed by atoms with Gasteiger partial charge in [0.15, 0.2) is 17.3 Å². The minimum absolute atomic E-state index is 0.00187. The highest BCUT2D eigenvalue weighted by Gasteiger charge is 2.55. The van der Waals surface area contributed by atoms with Crippen molar-refractivity contribution in [2.75, 3.05) is 7.11 Å². The van der Waals surface area contributed by atoms with Crippen molar-refractivity contribution in [2.24, 2.45) is 0 Å². The standard InChI is InChI=1S/C30H27NO7/c1-14-10-15(2)19(18-9-7-6-8-17(14)18)13-31-29(36)25-22(37-5)11-21(34)26-27(25)38-23-12-20(33)24(16(3)32)28(35)30(23,26)4/h6-12,33-34H,13H2,1-5H3,(H,31,36)/t30-/m1/s1. The number of aliphatic hydroxyl groups excluding tert-OH is 1. The van der Waals surface area contributed by atoms with Crippen LogP contribution in [-0.4, -0.2) is 34.8 Å². The second-order valence-electron chi connectivity index (χ2n) is 9.78. The van der Waals surface area contributed by atoms with Gasteiger partial charge in [0.2, 0.25) is 0 Å². The lowest BCUT2D eigenvalue weighted by atomic mass is 9.71. The predicted molar refractivity (Wildman–Crippen MR) is 141 cm³/mol. The minimum Gasteiger partial charge on any atom is -0.507 e. The lowest BCUT2D eigenvalue weighted by Gasteiger charge is -2.27. The molecule has 8 heteroatoms. The summed E-state index contributed by atoms with van der Waals surface area (Å²) in [5.74, 6) is -2.77. The molecule has 0 unspecified atom stereocenters. The van der Waals surface area contributed by atoms with E-state index < -0.39 is 34.2 Å². The van der Waals surface area contributed by atoms with Crippen molar-refractivity contribution in [3.05, 3.63) is 87.4 Å². The largest absolute Gasteiger partial charge is 0.507 e. The normalized spacial score (nSPS) is 18.0. The number of nitrogens with one attached hydrogen (secondary N) is 1. The number of allylic oxidation sites excluding steroid dienone is 3. The number of methoxy groups -OCH3 is 1. The number of benzene rings is 3. The number of carbonyl (C=O) groups excluding carboxylic acids is 3. The van der Waals surface area contributed by atoms with E-state index in [4.69, 9.17) is 9.47 Å². The molecule has 0 saturated heterocycles. The first-order valence-electron chi connectivity index (χ1n) is 12.1. The topological polar surface area (TPSA) is 122 Å². The van der Waals surface area contributed by atoms with Crippen molar-refractivity contribution in [3.63, 3.8) is 0 Å². The number of aryl methyl sites for hydroxylation is 2. The number of rotatable bonds is 5. The van der Waals surface area contributed by atoms with Crippen LogP contribution in [0.1, 0.15) is 46.5 Å². The van der Waals surface area contributed by atoms with Gasteiger partial charge in [-0.25, -0.2) is 0 Å². The Balaban J connectivity index is 1.59. The van der Waals surface area contributed by atoms with E-state index in [1.54, 1.807) is 0 Å². The minimum atomic E-state index is -1.61. The van der Waals surface area contributed by atoms with Crippen LogP contribution in [0.15, 0.2) is 59.6 Å². The van der Waals surface area contributed by atoms with Crippen LogP contribution in [0.4, 0.5) is 0 Å². The number of phenolic OH excluding ortho intramolecular Hbond substituents is 1. The summed E-state index contributed by atoms with van der Waals surface area (Å²) in [7, 11) is 1.35. The Morgan fingerprint density at radius 1 is 1.08 bits per heavy atom. The van der Waals surface area contributed by atoms with E-state index in [0.717, 1.165) is 27.5 Å². The van der Waals surface area contributed by atoms with Crippen LogP contribution in [0.5, 0.6) is 17.2 Å². The maximum atomic E-state index is 13.6. The van der Waals surface area contributed by atoms with Crippen molar-refractivity contribution < 1.29 is 34.1 Å². The van der Waals surface area contributed by atoms with Gasteiger partial charge >= 0.3 is 0 Å². The van der Waals surface area contributed by atoms with Crippen LogP contribution in [0, 0.1) is 13.8 Å². The molecule has 1 atom stereocenters. The quantitative estimate of drug-likeness (QED) is 0.426. The van der Waals surface area contributed by atoms with Crippen LogP contribution in [0.3, 0.4) is 0 Å². The number of hydrogen-bond acceptors (Lipinski definition) is 7. The first-order valence-corrected chi connectivity index (χ1v) is 12.1. The molecular formula is C30H27NO7. The van der Waals surface area contributed by atoms with Crippen LogP contribution in [-0.2, 0) is 21.5 Å². The number of Topliss-reactive ketones (excluding diaryl/α,β-unsaturated/α-hetero) is 2. The summed E-state index contributed by atoms with van der Waals surface area (Å²) in [6.45, 7) is 6.89. The Kier molecular flexibility index (Phi) is 5.78. The third kappa shape index (κ3) is 3.48. The molecule has 3 N–H and O–H groups in total. The van der Waals surface area contributed by atoms with Gasteiger partial charge in [-0.1, -0.05) is 30.3 Å². The molecule has 5 rings (SSSR count). The number of carbonyl (C=O) groups is 3. The first-order chi connectivity index (χ1) is 18.0. The number of fused-ring (bicyclic) bond motifs is 4. The number of ether oxygens (including phenoxy) is 2. The molecule has 0 saturated carbocycles. The van der Waals surface area contributed by atoms with E-state index >= 15 is 0 Å². The molecule has 0 bridgehead atoms. The molecule has 194 valence electrons. The summed E-state index contributed by atoms with van der Waals surface area (Å²) in [5.41, 5.74) is 1.12. The van der Waals surface area contributed by atoms with Gasteiger partial charge in [-0.3, -0.25) is 14.4 Å². The smallest absolute Gasteiger partial charge is 0.259 e. The van der Waals surface area contributed by atoms with Gasteiger partial charge < -0.3 is 25.0 Å². The summed E-state index contributed by atoms with van der Waals surface area (Å²) in [6, 6.07) is 11.3. The number of aliphatic hydroxyl groups is 1. The third-order valence-electron chi connectivity index (χ3n) is 7.45. The average Bonchev–Trinajstić information content (AvgIpc) is 3.17. The Labute approximate surface area is 219 Å². The van der Waals surface area contributed by atoms with Crippen molar-refractivity contribution >= 4 is 28.2 Å². The Hall–Kier alpha value is -4.59. The zero-order valence-corrected chi connectivity index (χ0v) is 21.7. The zero-order chi connectivity index (χ0) is 27.5. The highest BCUT2D eigenvalue weighted by molar-refractivity contribution is 6.25. The van der Waals surface area contributed by atoms with Gasteiger partial charge in [-0.2, -0.15) is 0 Å². The van der Waals surface area contributed by atoms with Crippen LogP contribution >= 0.6 is 0 Å². The fourth-order valence-electron chi connectivity index (χ4n) is 5.50. The lowest BCUT2D eigenvalue weighted by molar-refractivity contribution is -0.123. The molecule has 1 amide bonds. The second-order valence-corrected chi connectivity index (χ2v) is 9.78. The summed E-state index contributed by atoms with van der Waals surface area (Å²) in [6.07, 6.45) is 1.17. The van der Waals surface area contributed by atoms with Gasteiger partial charge in [0.25, 0.3) is 5.91 Å². The van der Waals surface area contributed by atoms with E-state index in [1.807, 2.05) is 38.1 Å². The van der Waals surface area contributed by atoms with Gasteiger partial charge in [0.05, 0.1) is 12.7 Å². The molecule has 1 aliphatic heterocycles. The summed E-state index contributed by atoms with van der Waals surface area (Å²) in [5, 5.41) is 26.3. The van der Waals surface area contributed by atoms with E-state index in [1.165, 1.54) is 33.1 Å². The maximum Gasteiger partial charge on any atom is 0.259 e. The van der Waals surface area contributed by atoms with Gasteiger partial charge in [-0.05, 0) is 55.2 Å². The summed E-state index contributed by atoms with van der Waals surface area (Å²) < 4.78 is 11.4. The molecular weight excluding hydrogens is 486 g/mol. The SMILES string of the molecule is COc1cc(O)c2c(c1C(=O)NCc1c(C)cc(C)c3ccccc13)OC1=CC(O)=C(C(C)=O)C(=O)[C@]12C. The molecule has 3 aromatic rings. The maximum absolute atomic E-state index is 13.6. The molecule has 0 radical (unpaired) electrons. The highest BCUT2D eigenvalue weighted by atomic mass is 16.5. The number of aromatic hydroxyl groups is 1. The number of phenols is 1. The summed E-state index contributed by atoms with van der Waals surface area (Å²) >= 11 is 0.